The second-order valence-corrected chi connectivity index (χ2v) is 19.9. The Kier molecular flexibility index (Phi) is 5.53. The summed E-state index contributed by atoms with van der Waals surface area (Å²) < 4.78 is 15.0. The van der Waals surface area contributed by atoms with Crippen molar-refractivity contribution < 1.29 is 48.8 Å². The molecule has 10 heteroatoms. The third-order valence-electron chi connectivity index (χ3n) is 17.5. The SMILES string of the molecule is C[N+]1(CC2CC2)CC[C@]23c4c5ccc(O)c4O[C@H]2C(=O)C(C2(O)CC[C@@]4(O)[C@H]6Cc7ccc(O)c8c7[C@@]4(CC[N+]6(C)CC4CC4)[C@H]2O8)C[C@@]3(O)[C@H]1C5. The molecule has 6 fully saturated rings. The maximum Gasteiger partial charge on any atom is 0.180 e. The number of quaternary nitrogens is 2. The summed E-state index contributed by atoms with van der Waals surface area (Å²) in [6.07, 6.45) is 5.68. The number of hydrogen-bond donors (Lipinski definition) is 5. The van der Waals surface area contributed by atoms with Crippen LogP contribution in [0.5, 0.6) is 23.0 Å². The van der Waals surface area contributed by atoms with Gasteiger partial charge in [0.1, 0.15) is 35.0 Å². The lowest BCUT2D eigenvalue weighted by Gasteiger charge is -2.69. The highest BCUT2D eigenvalue weighted by Crippen LogP contribution is 2.72. The van der Waals surface area contributed by atoms with E-state index in [1.807, 2.05) is 12.1 Å². The van der Waals surface area contributed by atoms with Crippen molar-refractivity contribution in [2.24, 2.45) is 17.8 Å². The van der Waals surface area contributed by atoms with E-state index < -0.39 is 45.8 Å². The number of hydrogen-bond acceptors (Lipinski definition) is 8. The van der Waals surface area contributed by atoms with E-state index in [0.717, 1.165) is 52.9 Å². The van der Waals surface area contributed by atoms with Crippen LogP contribution in [0.3, 0.4) is 0 Å². The summed E-state index contributed by atoms with van der Waals surface area (Å²) in [5, 5.41) is 63.1. The van der Waals surface area contributed by atoms with Gasteiger partial charge in [-0.25, -0.2) is 0 Å². The fourth-order valence-corrected chi connectivity index (χ4v) is 15.0. The molecule has 5 N–H and O–H groups in total. The van der Waals surface area contributed by atoms with Crippen LogP contribution in [0.1, 0.15) is 80.0 Å². The molecule has 4 saturated carbocycles. The van der Waals surface area contributed by atoms with E-state index >= 15 is 4.79 Å². The van der Waals surface area contributed by atoms with Crippen LogP contribution in [-0.2, 0) is 28.5 Å². The zero-order valence-corrected chi connectivity index (χ0v) is 30.3. The minimum absolute atomic E-state index is 0.00781. The average Bonchev–Trinajstić information content (AvgIpc) is 4.03. The van der Waals surface area contributed by atoms with Crippen LogP contribution in [-0.4, -0.2) is 122 Å². The Balaban J connectivity index is 1.02. The highest BCUT2D eigenvalue weighted by atomic mass is 16.5. The van der Waals surface area contributed by atoms with Crippen molar-refractivity contribution in [2.75, 3.05) is 40.3 Å². The molecule has 4 aliphatic heterocycles. The lowest BCUT2D eigenvalue weighted by atomic mass is 9.41. The number of ketones is 1. The maximum atomic E-state index is 15.4. The van der Waals surface area contributed by atoms with E-state index in [1.165, 1.54) is 25.7 Å². The summed E-state index contributed by atoms with van der Waals surface area (Å²) in [6, 6.07) is 6.94. The summed E-state index contributed by atoms with van der Waals surface area (Å²) in [5.41, 5.74) is -2.71. The van der Waals surface area contributed by atoms with Crippen molar-refractivity contribution in [1.29, 1.82) is 0 Å². The topological polar surface area (TPSA) is 137 Å². The van der Waals surface area contributed by atoms with E-state index in [9.17, 15) is 25.5 Å². The van der Waals surface area contributed by atoms with Gasteiger partial charge in [-0.2, -0.15) is 0 Å². The highest BCUT2D eigenvalue weighted by molar-refractivity contribution is 5.93. The molecule has 52 heavy (non-hydrogen) atoms. The Morgan fingerprint density at radius 2 is 1.25 bits per heavy atom. The molecule has 12 rings (SSSR count). The summed E-state index contributed by atoms with van der Waals surface area (Å²) in [5.74, 6) is 0.609. The van der Waals surface area contributed by atoms with Crippen LogP contribution in [0.25, 0.3) is 0 Å². The number of carbonyl (C=O) groups excluding carboxylic acids is 1. The lowest BCUT2D eigenvalue weighted by molar-refractivity contribution is -0.951. The zero-order chi connectivity index (χ0) is 35.6. The largest absolute Gasteiger partial charge is 0.504 e. The molecule has 2 aromatic rings. The van der Waals surface area contributed by atoms with Crippen molar-refractivity contribution in [3.05, 3.63) is 46.5 Å². The Hall–Kier alpha value is -2.89. The fraction of sp³-hybridized carbons (Fsp3) is 0.690. The molecule has 4 heterocycles. The van der Waals surface area contributed by atoms with Crippen molar-refractivity contribution >= 4 is 5.78 Å². The number of likely N-dealkylation sites (N-methyl/N-ethyl adjacent to an activating group) is 2. The number of nitrogens with zero attached hydrogens (tertiary/aromatic N) is 2. The van der Waals surface area contributed by atoms with E-state index in [4.69, 9.17) is 9.47 Å². The van der Waals surface area contributed by atoms with Gasteiger partial charge >= 0.3 is 0 Å². The maximum absolute atomic E-state index is 15.4. The first-order chi connectivity index (χ1) is 24.7. The molecule has 12 atom stereocenters. The molecule has 0 aromatic heterocycles. The first-order valence-electron chi connectivity index (χ1n) is 20.2. The van der Waals surface area contributed by atoms with Crippen LogP contribution in [0.4, 0.5) is 0 Å². The molecule has 276 valence electrons. The van der Waals surface area contributed by atoms with E-state index in [1.54, 1.807) is 12.1 Å². The van der Waals surface area contributed by atoms with Crippen LogP contribution >= 0.6 is 0 Å². The third kappa shape index (κ3) is 3.27. The first kappa shape index (κ1) is 31.5. The molecule has 10 nitrogen and oxygen atoms in total. The number of piperidine rings is 2. The van der Waals surface area contributed by atoms with Crippen LogP contribution in [0.2, 0.25) is 0 Å². The van der Waals surface area contributed by atoms with Crippen molar-refractivity contribution in [1.82, 2.24) is 0 Å². The first-order valence-corrected chi connectivity index (χ1v) is 20.2. The monoisotopic (exact) mass is 712 g/mol. The van der Waals surface area contributed by atoms with Gasteiger partial charge in [0.15, 0.2) is 34.9 Å². The van der Waals surface area contributed by atoms with E-state index in [-0.39, 0.29) is 42.2 Å². The van der Waals surface area contributed by atoms with Gasteiger partial charge in [0.25, 0.3) is 0 Å². The Morgan fingerprint density at radius 3 is 1.85 bits per heavy atom. The van der Waals surface area contributed by atoms with Gasteiger partial charge in [-0.15, -0.1) is 0 Å². The minimum atomic E-state index is -1.75. The molecular weight excluding hydrogens is 660 g/mol. The molecule has 2 saturated heterocycles. The predicted molar refractivity (Wildman–Crippen MR) is 187 cm³/mol. The summed E-state index contributed by atoms with van der Waals surface area (Å²) in [6.45, 7) is 3.60. The third-order valence-corrected chi connectivity index (χ3v) is 17.5. The second kappa shape index (κ2) is 9.14. The van der Waals surface area contributed by atoms with Gasteiger partial charge in [0.2, 0.25) is 0 Å². The molecule has 2 spiro atoms. The standard InChI is InChI=1S/C42H50N2O8/c1-43(20-22-3-4-22)16-14-39-32-25-8-10-28(46)35(32)52-37(39)40(48,11-12-41(39,49)29(43)17-25)26-19-42(50)30-18-24-7-9-27(45)34-31(24)38(42,36(51-34)33(26)47)13-15-44(30,2)21-23-5-6-23/h7-10,22-23,26,29-30,36-37,48-50H,3-6,11-21H2,1-2H3/p+2/t26?,29-,30-,36+,37-,38+,39+,40?,41-,42-,43?,44?/m1/s1. The smallest absolute Gasteiger partial charge is 0.180 e. The van der Waals surface area contributed by atoms with Gasteiger partial charge in [-0.05, 0) is 68.2 Å². The number of rotatable bonds is 5. The van der Waals surface area contributed by atoms with Gasteiger partial charge in [-0.3, -0.25) is 4.79 Å². The summed E-state index contributed by atoms with van der Waals surface area (Å²) in [4.78, 5) is 15.4. The number of benzene rings is 2. The van der Waals surface area contributed by atoms with Gasteiger partial charge in [-0.1, -0.05) is 12.1 Å². The Bertz CT molecular complexity index is 2010. The van der Waals surface area contributed by atoms with Crippen molar-refractivity contribution in [3.8, 4) is 23.0 Å². The molecule has 0 amide bonds. The summed E-state index contributed by atoms with van der Waals surface area (Å²) >= 11 is 0. The Labute approximate surface area is 304 Å². The average molecular weight is 713 g/mol. The quantitative estimate of drug-likeness (QED) is 0.299. The number of phenolic OH excluding ortho intramolecular Hbond substituents is 2. The second-order valence-electron chi connectivity index (χ2n) is 19.9. The van der Waals surface area contributed by atoms with E-state index in [0.29, 0.717) is 59.9 Å². The molecule has 6 aliphatic carbocycles. The van der Waals surface area contributed by atoms with Crippen LogP contribution < -0.4 is 9.47 Å². The number of aliphatic hydroxyl groups is 3. The van der Waals surface area contributed by atoms with Gasteiger partial charge in [0.05, 0.1) is 57.0 Å². The highest BCUT2D eigenvalue weighted by Gasteiger charge is 2.84. The summed E-state index contributed by atoms with van der Waals surface area (Å²) in [7, 11) is 4.57. The molecule has 10 aliphatic rings. The predicted octanol–water partition coefficient (Wildman–Crippen LogP) is 2.74. The number of likely N-dealkylation sites (tertiary alicyclic amines) is 2. The number of carbonyl (C=O) groups is 1. The molecule has 4 bridgehead atoms. The number of aromatic hydroxyl groups is 2. The lowest BCUT2D eigenvalue weighted by Crippen LogP contribution is -2.85. The Morgan fingerprint density at radius 1 is 0.712 bits per heavy atom. The van der Waals surface area contributed by atoms with Crippen molar-refractivity contribution in [3.63, 3.8) is 0 Å². The minimum Gasteiger partial charge on any atom is -0.504 e. The number of ether oxygens (including phenoxy) is 2. The number of phenols is 2. The van der Waals surface area contributed by atoms with Gasteiger partial charge in [0, 0.05) is 48.6 Å². The van der Waals surface area contributed by atoms with Crippen molar-refractivity contribution in [2.45, 2.75) is 123 Å². The molecule has 2 aromatic carbocycles. The van der Waals surface area contributed by atoms with E-state index in [2.05, 4.69) is 14.1 Å². The fourth-order valence-electron chi connectivity index (χ4n) is 15.0. The molecular formula is C42H52N2O8+2. The molecule has 4 unspecified atom stereocenters. The van der Waals surface area contributed by atoms with Crippen LogP contribution in [0, 0.1) is 17.8 Å². The molecule has 0 radical (unpaired) electrons. The normalized spacial score (nSPS) is 49.9. The number of Topliss-reactive ketones (excluding diaryl/α,β-unsaturated/α-hetero) is 1. The van der Waals surface area contributed by atoms with Crippen LogP contribution in [0.15, 0.2) is 24.3 Å². The van der Waals surface area contributed by atoms with Gasteiger partial charge < -0.3 is 44.0 Å². The zero-order valence-electron chi connectivity index (χ0n) is 30.3.